The number of ether oxygens (including phenoxy) is 1. The van der Waals surface area contributed by atoms with Gasteiger partial charge in [0.2, 0.25) is 10.0 Å². The fourth-order valence-corrected chi connectivity index (χ4v) is 2.86. The van der Waals surface area contributed by atoms with Crippen LogP contribution in [0, 0.1) is 11.6 Å². The Morgan fingerprint density at radius 3 is 2.63 bits per heavy atom. The summed E-state index contributed by atoms with van der Waals surface area (Å²) in [6.07, 6.45) is 0.405. The summed E-state index contributed by atoms with van der Waals surface area (Å²) in [4.78, 5) is -0.797. The second-order valence-corrected chi connectivity index (χ2v) is 5.80. The molecule has 1 atom stereocenters. The minimum absolute atomic E-state index is 0.163. The van der Waals surface area contributed by atoms with E-state index in [1.165, 1.54) is 7.11 Å². The molecule has 0 saturated heterocycles. The molecular weight excluding hydrogens is 278 g/mol. The molecule has 0 aliphatic carbocycles. The fourth-order valence-electron chi connectivity index (χ4n) is 1.46. The van der Waals surface area contributed by atoms with E-state index in [4.69, 9.17) is 10.5 Å². The molecule has 0 aliphatic rings. The van der Waals surface area contributed by atoms with Gasteiger partial charge in [-0.1, -0.05) is 0 Å². The lowest BCUT2D eigenvalue weighted by Crippen LogP contribution is -2.34. The highest BCUT2D eigenvalue weighted by Gasteiger charge is 2.24. The van der Waals surface area contributed by atoms with Gasteiger partial charge in [0, 0.05) is 25.4 Å². The molecule has 0 amide bonds. The highest BCUT2D eigenvalue weighted by Crippen LogP contribution is 2.21. The first-order valence-electron chi connectivity index (χ1n) is 5.53. The zero-order chi connectivity index (χ0) is 14.6. The van der Waals surface area contributed by atoms with Gasteiger partial charge in [-0.2, -0.15) is 0 Å². The van der Waals surface area contributed by atoms with Crippen LogP contribution in [-0.2, 0) is 14.8 Å². The molecule has 0 radical (unpaired) electrons. The lowest BCUT2D eigenvalue weighted by atomic mass is 10.3. The maximum atomic E-state index is 13.5. The second kappa shape index (κ2) is 6.27. The summed E-state index contributed by atoms with van der Waals surface area (Å²) in [5.41, 5.74) is 5.15. The third kappa shape index (κ3) is 4.12. The molecular formula is C11H16F2N2O3S. The highest BCUT2D eigenvalue weighted by atomic mass is 32.2. The van der Waals surface area contributed by atoms with Crippen LogP contribution in [0.2, 0.25) is 0 Å². The van der Waals surface area contributed by atoms with Crippen molar-refractivity contribution < 1.29 is 21.9 Å². The van der Waals surface area contributed by atoms with Crippen LogP contribution in [0.25, 0.3) is 0 Å². The molecule has 1 aromatic rings. The maximum absolute atomic E-state index is 13.5. The number of nitrogens with one attached hydrogen (secondary N) is 1. The number of hydrogen-bond donors (Lipinski definition) is 2. The van der Waals surface area contributed by atoms with Crippen LogP contribution in [0.1, 0.15) is 13.3 Å². The van der Waals surface area contributed by atoms with Crippen molar-refractivity contribution in [2.24, 2.45) is 0 Å². The highest BCUT2D eigenvalue weighted by molar-refractivity contribution is 7.89. The van der Waals surface area contributed by atoms with Gasteiger partial charge in [0.15, 0.2) is 11.6 Å². The van der Waals surface area contributed by atoms with Crippen molar-refractivity contribution in [1.29, 1.82) is 0 Å². The van der Waals surface area contributed by atoms with Crippen molar-refractivity contribution in [2.45, 2.75) is 24.3 Å². The maximum Gasteiger partial charge on any atom is 0.243 e. The summed E-state index contributed by atoms with van der Waals surface area (Å²) in [6.45, 7) is 1.94. The number of sulfonamides is 1. The average molecular weight is 294 g/mol. The predicted octanol–water partition coefficient (Wildman–Crippen LogP) is 1.25. The van der Waals surface area contributed by atoms with Crippen molar-refractivity contribution in [3.8, 4) is 0 Å². The van der Waals surface area contributed by atoms with Crippen molar-refractivity contribution in [3.63, 3.8) is 0 Å². The second-order valence-electron chi connectivity index (χ2n) is 4.12. The van der Waals surface area contributed by atoms with Crippen molar-refractivity contribution >= 4 is 15.7 Å². The Hall–Kier alpha value is -1.25. The van der Waals surface area contributed by atoms with Gasteiger partial charge in [-0.25, -0.2) is 21.9 Å². The summed E-state index contributed by atoms with van der Waals surface area (Å²) >= 11 is 0. The van der Waals surface area contributed by atoms with Crippen LogP contribution >= 0.6 is 0 Å². The van der Waals surface area contributed by atoms with Gasteiger partial charge in [-0.15, -0.1) is 0 Å². The van der Waals surface area contributed by atoms with E-state index in [2.05, 4.69) is 4.72 Å². The van der Waals surface area contributed by atoms with Crippen molar-refractivity contribution in [2.75, 3.05) is 19.5 Å². The number of methoxy groups -OCH3 is 1. The molecule has 108 valence electrons. The smallest absolute Gasteiger partial charge is 0.243 e. The monoisotopic (exact) mass is 294 g/mol. The fraction of sp³-hybridized carbons (Fsp3) is 0.455. The largest absolute Gasteiger partial charge is 0.399 e. The summed E-state index contributed by atoms with van der Waals surface area (Å²) in [5, 5.41) is 0. The van der Waals surface area contributed by atoms with Gasteiger partial charge < -0.3 is 10.5 Å². The van der Waals surface area contributed by atoms with Crippen LogP contribution in [0.4, 0.5) is 14.5 Å². The van der Waals surface area contributed by atoms with Gasteiger partial charge in [0.05, 0.1) is 0 Å². The summed E-state index contributed by atoms with van der Waals surface area (Å²) in [6, 6.07) is 1.13. The molecule has 1 unspecified atom stereocenters. The van der Waals surface area contributed by atoms with Gasteiger partial charge in [0.1, 0.15) is 4.90 Å². The van der Waals surface area contributed by atoms with Crippen molar-refractivity contribution in [1.82, 2.24) is 4.72 Å². The van der Waals surface area contributed by atoms with Gasteiger partial charge in [-0.3, -0.25) is 0 Å². The minimum Gasteiger partial charge on any atom is -0.399 e. The van der Waals surface area contributed by atoms with E-state index in [0.717, 1.165) is 12.1 Å². The molecule has 19 heavy (non-hydrogen) atoms. The van der Waals surface area contributed by atoms with E-state index >= 15 is 0 Å². The topological polar surface area (TPSA) is 81.4 Å². The van der Waals surface area contributed by atoms with E-state index in [9.17, 15) is 17.2 Å². The van der Waals surface area contributed by atoms with Gasteiger partial charge in [-0.05, 0) is 25.5 Å². The molecule has 0 bridgehead atoms. The standard InChI is InChI=1S/C11H16F2N2O3S/c1-7(3-4-18-2)15-19(16,17)10-6-8(14)5-9(12)11(10)13/h5-7,15H,3-4,14H2,1-2H3. The zero-order valence-corrected chi connectivity index (χ0v) is 11.4. The van der Waals surface area contributed by atoms with E-state index in [1.807, 2.05) is 0 Å². The zero-order valence-electron chi connectivity index (χ0n) is 10.6. The number of nitrogens with two attached hydrogens (primary N) is 1. The number of nitrogen functional groups attached to an aromatic ring is 1. The quantitative estimate of drug-likeness (QED) is 0.774. The molecule has 0 aliphatic heterocycles. The first kappa shape index (κ1) is 15.8. The molecule has 0 aromatic heterocycles. The van der Waals surface area contributed by atoms with Crippen LogP contribution in [0.3, 0.4) is 0 Å². The Bertz CT molecular complexity index is 549. The van der Waals surface area contributed by atoms with E-state index in [0.29, 0.717) is 13.0 Å². The van der Waals surface area contributed by atoms with E-state index < -0.39 is 32.6 Å². The molecule has 0 saturated carbocycles. The summed E-state index contributed by atoms with van der Waals surface area (Å²) in [7, 11) is -2.69. The molecule has 0 fully saturated rings. The van der Waals surface area contributed by atoms with Crippen LogP contribution in [0.15, 0.2) is 17.0 Å². The minimum atomic E-state index is -4.17. The van der Waals surface area contributed by atoms with Gasteiger partial charge >= 0.3 is 0 Å². The predicted molar refractivity (Wildman–Crippen MR) is 67.0 cm³/mol. The third-order valence-electron chi connectivity index (χ3n) is 2.42. The number of rotatable bonds is 6. The lowest BCUT2D eigenvalue weighted by Gasteiger charge is -2.14. The summed E-state index contributed by atoms with van der Waals surface area (Å²) in [5.74, 6) is -2.74. The third-order valence-corrected chi connectivity index (χ3v) is 4.01. The van der Waals surface area contributed by atoms with Crippen LogP contribution in [0.5, 0.6) is 0 Å². The lowest BCUT2D eigenvalue weighted by molar-refractivity contribution is 0.188. The Labute approximate surface area is 110 Å². The molecule has 1 aromatic carbocycles. The normalized spacial score (nSPS) is 13.5. The first-order chi connectivity index (χ1) is 8.77. The average Bonchev–Trinajstić information content (AvgIpc) is 2.30. The molecule has 8 heteroatoms. The Morgan fingerprint density at radius 1 is 1.42 bits per heavy atom. The van der Waals surface area contributed by atoms with Crippen LogP contribution < -0.4 is 10.5 Å². The SMILES string of the molecule is COCCC(C)NS(=O)(=O)c1cc(N)cc(F)c1F. The Morgan fingerprint density at radius 2 is 2.05 bits per heavy atom. The number of benzene rings is 1. The molecule has 3 N–H and O–H groups in total. The molecule has 0 heterocycles. The van der Waals surface area contributed by atoms with E-state index in [-0.39, 0.29) is 5.69 Å². The van der Waals surface area contributed by atoms with Crippen LogP contribution in [-0.4, -0.2) is 28.2 Å². The number of halogens is 2. The van der Waals surface area contributed by atoms with Crippen molar-refractivity contribution in [3.05, 3.63) is 23.8 Å². The molecule has 0 spiro atoms. The Balaban J connectivity index is 3.01. The number of anilines is 1. The number of hydrogen-bond acceptors (Lipinski definition) is 4. The summed E-state index contributed by atoms with van der Waals surface area (Å²) < 4.78 is 57.5. The van der Waals surface area contributed by atoms with E-state index in [1.54, 1.807) is 6.92 Å². The molecule has 1 rings (SSSR count). The van der Waals surface area contributed by atoms with Gasteiger partial charge in [0.25, 0.3) is 0 Å². The first-order valence-corrected chi connectivity index (χ1v) is 7.02. The Kier molecular flexibility index (Phi) is 5.21. The molecule has 5 nitrogen and oxygen atoms in total.